The third kappa shape index (κ3) is 3.89. The third-order valence-corrected chi connectivity index (χ3v) is 4.10. The molecule has 0 spiro atoms. The lowest BCUT2D eigenvalue weighted by Gasteiger charge is -2.32. The van der Waals surface area contributed by atoms with E-state index in [2.05, 4.69) is 10.4 Å². The van der Waals surface area contributed by atoms with Gasteiger partial charge < -0.3 is 15.3 Å². The fourth-order valence-electron chi connectivity index (χ4n) is 2.02. The SMILES string of the molecule is O=C(O)C1CSCCN1C(=O)NCCCn1cccn1. The van der Waals surface area contributed by atoms with Crippen LogP contribution in [0.25, 0.3) is 0 Å². The van der Waals surface area contributed by atoms with E-state index in [0.29, 0.717) is 18.8 Å². The highest BCUT2D eigenvalue weighted by Crippen LogP contribution is 2.16. The summed E-state index contributed by atoms with van der Waals surface area (Å²) in [7, 11) is 0. The topological polar surface area (TPSA) is 87.5 Å². The maximum absolute atomic E-state index is 12.0. The number of nitrogens with zero attached hydrogens (tertiary/aromatic N) is 3. The number of carboxylic acids is 1. The van der Waals surface area contributed by atoms with Gasteiger partial charge in [0.2, 0.25) is 0 Å². The molecule has 2 heterocycles. The molecule has 7 nitrogen and oxygen atoms in total. The van der Waals surface area contributed by atoms with E-state index in [1.807, 2.05) is 12.3 Å². The zero-order chi connectivity index (χ0) is 14.4. The monoisotopic (exact) mass is 298 g/mol. The molecule has 20 heavy (non-hydrogen) atoms. The molecule has 8 heteroatoms. The molecule has 1 saturated heterocycles. The molecule has 0 aromatic carbocycles. The molecule has 0 saturated carbocycles. The third-order valence-electron chi connectivity index (χ3n) is 3.07. The molecule has 1 aliphatic rings. The predicted molar refractivity (Wildman–Crippen MR) is 75.7 cm³/mol. The molecule has 0 aliphatic carbocycles. The van der Waals surface area contributed by atoms with Gasteiger partial charge in [-0.1, -0.05) is 0 Å². The van der Waals surface area contributed by atoms with Gasteiger partial charge in [0.05, 0.1) is 0 Å². The van der Waals surface area contributed by atoms with Crippen LogP contribution in [-0.2, 0) is 11.3 Å². The van der Waals surface area contributed by atoms with Crippen molar-refractivity contribution in [3.8, 4) is 0 Å². The number of rotatable bonds is 5. The molecule has 0 radical (unpaired) electrons. The molecule has 0 bridgehead atoms. The minimum Gasteiger partial charge on any atom is -0.480 e. The zero-order valence-corrected chi connectivity index (χ0v) is 11.9. The maximum Gasteiger partial charge on any atom is 0.327 e. The van der Waals surface area contributed by atoms with E-state index in [-0.39, 0.29) is 6.03 Å². The summed E-state index contributed by atoms with van der Waals surface area (Å²) in [5, 5.41) is 16.0. The molecular weight excluding hydrogens is 280 g/mol. The van der Waals surface area contributed by atoms with Crippen molar-refractivity contribution in [1.29, 1.82) is 0 Å². The number of aryl methyl sites for hydroxylation is 1. The number of aliphatic carboxylic acids is 1. The van der Waals surface area contributed by atoms with Crippen LogP contribution in [0.4, 0.5) is 4.79 Å². The van der Waals surface area contributed by atoms with Crippen LogP contribution in [0.3, 0.4) is 0 Å². The van der Waals surface area contributed by atoms with Crippen LogP contribution in [0.2, 0.25) is 0 Å². The van der Waals surface area contributed by atoms with Crippen molar-refractivity contribution in [2.45, 2.75) is 19.0 Å². The van der Waals surface area contributed by atoms with Gasteiger partial charge in [-0.25, -0.2) is 9.59 Å². The van der Waals surface area contributed by atoms with E-state index >= 15 is 0 Å². The summed E-state index contributed by atoms with van der Waals surface area (Å²) in [6, 6.07) is 0.833. The number of hydrogen-bond donors (Lipinski definition) is 2. The first-order chi connectivity index (χ1) is 9.68. The molecule has 110 valence electrons. The highest BCUT2D eigenvalue weighted by Gasteiger charge is 2.32. The number of hydrogen-bond acceptors (Lipinski definition) is 4. The number of nitrogens with one attached hydrogen (secondary N) is 1. The summed E-state index contributed by atoms with van der Waals surface area (Å²) in [6.45, 7) is 1.72. The molecule has 2 rings (SSSR count). The van der Waals surface area contributed by atoms with Crippen molar-refractivity contribution in [2.24, 2.45) is 0 Å². The van der Waals surface area contributed by atoms with Crippen molar-refractivity contribution in [2.75, 3.05) is 24.6 Å². The smallest absolute Gasteiger partial charge is 0.327 e. The van der Waals surface area contributed by atoms with E-state index in [4.69, 9.17) is 5.11 Å². The minimum atomic E-state index is -0.941. The maximum atomic E-state index is 12.0. The summed E-state index contributed by atoms with van der Waals surface area (Å²) < 4.78 is 1.80. The summed E-state index contributed by atoms with van der Waals surface area (Å²) in [6.07, 6.45) is 4.33. The number of carboxylic acid groups (broad SMARTS) is 1. The van der Waals surface area contributed by atoms with Crippen LogP contribution in [0, 0.1) is 0 Å². The van der Waals surface area contributed by atoms with Gasteiger partial charge in [-0.05, 0) is 12.5 Å². The molecule has 1 atom stereocenters. The number of amides is 2. The van der Waals surface area contributed by atoms with Crippen LogP contribution >= 0.6 is 11.8 Å². The molecule has 1 aromatic rings. The highest BCUT2D eigenvalue weighted by molar-refractivity contribution is 7.99. The van der Waals surface area contributed by atoms with E-state index < -0.39 is 12.0 Å². The second-order valence-electron chi connectivity index (χ2n) is 4.48. The van der Waals surface area contributed by atoms with Gasteiger partial charge in [-0.3, -0.25) is 4.68 Å². The van der Waals surface area contributed by atoms with Crippen molar-refractivity contribution < 1.29 is 14.7 Å². The Morgan fingerprint density at radius 1 is 1.50 bits per heavy atom. The van der Waals surface area contributed by atoms with Gasteiger partial charge >= 0.3 is 12.0 Å². The van der Waals surface area contributed by atoms with Gasteiger partial charge in [0.1, 0.15) is 6.04 Å². The average molecular weight is 298 g/mol. The van der Waals surface area contributed by atoms with Crippen LogP contribution in [0.1, 0.15) is 6.42 Å². The average Bonchev–Trinajstić information content (AvgIpc) is 2.96. The first-order valence-corrected chi connectivity index (χ1v) is 7.66. The van der Waals surface area contributed by atoms with Crippen LogP contribution in [0.5, 0.6) is 0 Å². The number of carbonyl (C=O) groups is 2. The Labute approximate surface area is 121 Å². The normalized spacial score (nSPS) is 18.8. The molecule has 2 amide bonds. The Kier molecular flexibility index (Phi) is 5.28. The molecule has 1 unspecified atom stereocenters. The summed E-state index contributed by atoms with van der Waals surface area (Å²) in [4.78, 5) is 24.5. The number of aromatic nitrogens is 2. The Morgan fingerprint density at radius 2 is 2.35 bits per heavy atom. The Hall–Kier alpha value is -1.70. The molecular formula is C12H18N4O3S. The fourth-order valence-corrected chi connectivity index (χ4v) is 3.06. The van der Waals surface area contributed by atoms with Crippen molar-refractivity contribution in [3.63, 3.8) is 0 Å². The number of carbonyl (C=O) groups excluding carboxylic acids is 1. The second-order valence-corrected chi connectivity index (χ2v) is 5.63. The Bertz CT molecular complexity index is 452. The first-order valence-electron chi connectivity index (χ1n) is 6.51. The van der Waals surface area contributed by atoms with E-state index in [1.165, 1.54) is 4.90 Å². The summed E-state index contributed by atoms with van der Waals surface area (Å²) in [5.74, 6) is 0.296. The zero-order valence-electron chi connectivity index (χ0n) is 11.1. The fraction of sp³-hybridized carbons (Fsp3) is 0.583. The highest BCUT2D eigenvalue weighted by atomic mass is 32.2. The van der Waals surface area contributed by atoms with E-state index in [1.54, 1.807) is 22.6 Å². The van der Waals surface area contributed by atoms with Crippen molar-refractivity contribution >= 4 is 23.8 Å². The Balaban J connectivity index is 1.74. The number of urea groups is 1. The van der Waals surface area contributed by atoms with Crippen LogP contribution < -0.4 is 5.32 Å². The second kappa shape index (κ2) is 7.18. The molecule has 1 aliphatic heterocycles. The van der Waals surface area contributed by atoms with Gasteiger partial charge in [-0.15, -0.1) is 0 Å². The van der Waals surface area contributed by atoms with Gasteiger partial charge in [0.25, 0.3) is 0 Å². The minimum absolute atomic E-state index is 0.293. The molecule has 2 N–H and O–H groups in total. The Morgan fingerprint density at radius 3 is 3.05 bits per heavy atom. The largest absolute Gasteiger partial charge is 0.480 e. The standard InChI is InChI=1S/C12H18N4O3S/c17-11(18)10-9-20-8-7-16(10)12(19)13-3-1-5-15-6-2-4-14-15/h2,4,6,10H,1,3,5,7-9H2,(H,13,19)(H,17,18). The van der Waals surface area contributed by atoms with E-state index in [9.17, 15) is 9.59 Å². The lowest BCUT2D eigenvalue weighted by Crippen LogP contribution is -2.53. The van der Waals surface area contributed by atoms with Crippen molar-refractivity contribution in [1.82, 2.24) is 20.0 Å². The predicted octanol–water partition coefficient (Wildman–Crippen LogP) is 0.485. The van der Waals surface area contributed by atoms with Gasteiger partial charge in [0.15, 0.2) is 0 Å². The molecule has 1 aromatic heterocycles. The first kappa shape index (κ1) is 14.7. The lowest BCUT2D eigenvalue weighted by molar-refractivity contribution is -0.141. The molecule has 1 fully saturated rings. The van der Waals surface area contributed by atoms with Gasteiger partial charge in [-0.2, -0.15) is 16.9 Å². The number of thioether (sulfide) groups is 1. The van der Waals surface area contributed by atoms with Gasteiger partial charge in [0, 0.05) is 43.5 Å². The van der Waals surface area contributed by atoms with Crippen LogP contribution in [-0.4, -0.2) is 62.4 Å². The van der Waals surface area contributed by atoms with Crippen molar-refractivity contribution in [3.05, 3.63) is 18.5 Å². The van der Waals surface area contributed by atoms with E-state index in [0.717, 1.165) is 18.7 Å². The lowest BCUT2D eigenvalue weighted by atomic mass is 10.3. The van der Waals surface area contributed by atoms with Crippen LogP contribution in [0.15, 0.2) is 18.5 Å². The summed E-state index contributed by atoms with van der Waals surface area (Å²) >= 11 is 1.57. The summed E-state index contributed by atoms with van der Waals surface area (Å²) in [5.41, 5.74) is 0. The quantitative estimate of drug-likeness (QED) is 0.772.